The van der Waals surface area contributed by atoms with Crippen molar-refractivity contribution in [3.8, 4) is 12.3 Å². The van der Waals surface area contributed by atoms with Crippen molar-refractivity contribution < 1.29 is 0 Å². The van der Waals surface area contributed by atoms with Crippen molar-refractivity contribution in [2.75, 3.05) is 6.54 Å². The first-order valence-corrected chi connectivity index (χ1v) is 5.35. The number of imidazole rings is 1. The average molecular weight is 254 g/mol. The summed E-state index contributed by atoms with van der Waals surface area (Å²) in [5.74, 6) is 3.61. The van der Waals surface area contributed by atoms with Gasteiger partial charge in [-0.25, -0.2) is 8.91 Å². The van der Waals surface area contributed by atoms with E-state index in [2.05, 4.69) is 31.0 Å². The maximum absolute atomic E-state index is 5.31. The van der Waals surface area contributed by atoms with Crippen LogP contribution in [-0.2, 0) is 7.05 Å². The topological polar surface area (TPSA) is 21.1 Å². The monoisotopic (exact) mass is 253 g/mol. The Morgan fingerprint density at radius 1 is 1.71 bits per heavy atom. The number of halogens is 1. The number of hydrogen-bond acceptors (Lipinski definition) is 2. The molecular weight excluding hydrogens is 242 g/mol. The Morgan fingerprint density at radius 2 is 2.50 bits per heavy atom. The Bertz CT molecular complexity index is 377. The summed E-state index contributed by atoms with van der Waals surface area (Å²) in [6, 6.07) is 0.363. The zero-order chi connectivity index (χ0) is 10.1. The van der Waals surface area contributed by atoms with Crippen LogP contribution < -0.4 is 0 Å². The standard InChI is InChI=1S/C10H12BrN3/c1-3-8-7-13(2)10(12-8)9-5-4-6-14(9)11/h1,7,9H,4-6H2,2H3. The van der Waals surface area contributed by atoms with E-state index in [1.807, 2.05) is 17.8 Å². The van der Waals surface area contributed by atoms with E-state index >= 15 is 0 Å². The molecule has 14 heavy (non-hydrogen) atoms. The highest BCUT2D eigenvalue weighted by Gasteiger charge is 2.27. The van der Waals surface area contributed by atoms with Crippen molar-refractivity contribution in [2.45, 2.75) is 18.9 Å². The van der Waals surface area contributed by atoms with Crippen LogP contribution >= 0.6 is 16.1 Å². The molecule has 0 amide bonds. The van der Waals surface area contributed by atoms with Gasteiger partial charge in [-0.2, -0.15) is 0 Å². The summed E-state index contributed by atoms with van der Waals surface area (Å²) >= 11 is 3.54. The highest BCUT2D eigenvalue weighted by atomic mass is 79.9. The van der Waals surface area contributed by atoms with Crippen molar-refractivity contribution in [1.29, 1.82) is 0 Å². The maximum atomic E-state index is 5.31. The third-order valence-electron chi connectivity index (χ3n) is 2.55. The largest absolute Gasteiger partial charge is 0.335 e. The van der Waals surface area contributed by atoms with Crippen LogP contribution in [0, 0.1) is 12.3 Å². The normalized spacial score (nSPS) is 22.5. The van der Waals surface area contributed by atoms with Gasteiger partial charge in [0.05, 0.1) is 6.04 Å². The summed E-state index contributed by atoms with van der Waals surface area (Å²) in [5.41, 5.74) is 0.718. The predicted octanol–water partition coefficient (Wildman–Crippen LogP) is 1.85. The third kappa shape index (κ3) is 1.58. The molecule has 4 heteroatoms. The lowest BCUT2D eigenvalue weighted by molar-refractivity contribution is 0.436. The van der Waals surface area contributed by atoms with Crippen LogP contribution in [0.25, 0.3) is 0 Å². The van der Waals surface area contributed by atoms with Crippen molar-refractivity contribution in [2.24, 2.45) is 7.05 Å². The molecule has 1 saturated heterocycles. The molecule has 2 rings (SSSR count). The molecule has 2 heterocycles. The van der Waals surface area contributed by atoms with E-state index in [1.54, 1.807) is 0 Å². The van der Waals surface area contributed by atoms with Crippen molar-refractivity contribution >= 4 is 16.1 Å². The molecule has 0 spiro atoms. The predicted molar refractivity (Wildman–Crippen MR) is 58.8 cm³/mol. The van der Waals surface area contributed by atoms with Gasteiger partial charge in [0, 0.05) is 35.9 Å². The SMILES string of the molecule is C#Cc1cn(C)c(C2CCCN2Br)n1. The number of nitrogens with zero attached hydrogens (tertiary/aromatic N) is 3. The van der Waals surface area contributed by atoms with E-state index in [0.717, 1.165) is 24.5 Å². The summed E-state index contributed by atoms with van der Waals surface area (Å²) in [6.07, 6.45) is 9.55. The molecular formula is C10H12BrN3. The molecule has 1 aliphatic heterocycles. The Morgan fingerprint density at radius 3 is 3.00 bits per heavy atom. The van der Waals surface area contributed by atoms with Gasteiger partial charge in [0.2, 0.25) is 0 Å². The van der Waals surface area contributed by atoms with Gasteiger partial charge >= 0.3 is 0 Å². The van der Waals surface area contributed by atoms with Crippen LogP contribution in [0.1, 0.15) is 30.4 Å². The average Bonchev–Trinajstić information content (AvgIpc) is 2.72. The fourth-order valence-electron chi connectivity index (χ4n) is 1.85. The summed E-state index contributed by atoms with van der Waals surface area (Å²) in [7, 11) is 1.99. The summed E-state index contributed by atoms with van der Waals surface area (Å²) in [5, 5.41) is 0. The second-order valence-corrected chi connectivity index (χ2v) is 4.43. The van der Waals surface area contributed by atoms with Crippen LogP contribution in [0.2, 0.25) is 0 Å². The maximum Gasteiger partial charge on any atom is 0.131 e. The Hall–Kier alpha value is -0.790. The van der Waals surface area contributed by atoms with Crippen LogP contribution in [0.4, 0.5) is 0 Å². The van der Waals surface area contributed by atoms with E-state index in [0.29, 0.717) is 6.04 Å². The van der Waals surface area contributed by atoms with Crippen molar-refractivity contribution in [3.63, 3.8) is 0 Å². The van der Waals surface area contributed by atoms with Gasteiger partial charge in [0.15, 0.2) is 0 Å². The van der Waals surface area contributed by atoms with Crippen LogP contribution in [0.3, 0.4) is 0 Å². The molecule has 1 aromatic heterocycles. The second kappa shape index (κ2) is 3.76. The molecule has 0 bridgehead atoms. The fourth-order valence-corrected chi connectivity index (χ4v) is 2.48. The van der Waals surface area contributed by atoms with Gasteiger partial charge in [-0.3, -0.25) is 0 Å². The lowest BCUT2D eigenvalue weighted by atomic mass is 10.2. The molecule has 74 valence electrons. The first-order valence-electron chi connectivity index (χ1n) is 4.64. The number of terminal acetylenes is 1. The third-order valence-corrected chi connectivity index (χ3v) is 3.39. The van der Waals surface area contributed by atoms with Gasteiger partial charge in [-0.15, -0.1) is 6.42 Å². The number of aromatic nitrogens is 2. The molecule has 1 aromatic rings. The zero-order valence-corrected chi connectivity index (χ0v) is 9.66. The minimum absolute atomic E-state index is 0.363. The highest BCUT2D eigenvalue weighted by Crippen LogP contribution is 2.33. The first kappa shape index (κ1) is 9.75. The van der Waals surface area contributed by atoms with Crippen molar-refractivity contribution in [1.82, 2.24) is 13.5 Å². The lowest BCUT2D eigenvalue weighted by Gasteiger charge is -2.16. The number of aryl methyl sites for hydroxylation is 1. The number of hydrogen-bond donors (Lipinski definition) is 0. The molecule has 0 N–H and O–H groups in total. The molecule has 1 unspecified atom stereocenters. The van der Waals surface area contributed by atoms with E-state index in [4.69, 9.17) is 6.42 Å². The van der Waals surface area contributed by atoms with Crippen LogP contribution in [0.5, 0.6) is 0 Å². The molecule has 0 aromatic carbocycles. The number of rotatable bonds is 1. The lowest BCUT2D eigenvalue weighted by Crippen LogP contribution is -2.14. The molecule has 1 aliphatic rings. The quantitative estimate of drug-likeness (QED) is 0.563. The molecule has 3 nitrogen and oxygen atoms in total. The van der Waals surface area contributed by atoms with Gasteiger partial charge < -0.3 is 4.57 Å². The van der Waals surface area contributed by atoms with E-state index in [9.17, 15) is 0 Å². The fraction of sp³-hybridized carbons (Fsp3) is 0.500. The Kier molecular flexibility index (Phi) is 2.62. The van der Waals surface area contributed by atoms with Gasteiger partial charge in [-0.05, 0) is 18.8 Å². The smallest absolute Gasteiger partial charge is 0.131 e. The van der Waals surface area contributed by atoms with Crippen LogP contribution in [0.15, 0.2) is 6.20 Å². The van der Waals surface area contributed by atoms with Crippen LogP contribution in [-0.4, -0.2) is 20.0 Å². The Balaban J connectivity index is 2.32. The molecule has 0 saturated carbocycles. The minimum Gasteiger partial charge on any atom is -0.335 e. The minimum atomic E-state index is 0.363. The molecule has 0 aliphatic carbocycles. The van der Waals surface area contributed by atoms with Gasteiger partial charge in [0.25, 0.3) is 0 Å². The van der Waals surface area contributed by atoms with Gasteiger partial charge in [0.1, 0.15) is 11.5 Å². The van der Waals surface area contributed by atoms with E-state index in [-0.39, 0.29) is 0 Å². The Labute approximate surface area is 92.5 Å². The van der Waals surface area contributed by atoms with Crippen molar-refractivity contribution in [3.05, 3.63) is 17.7 Å². The molecule has 1 atom stereocenters. The van der Waals surface area contributed by atoms with E-state index in [1.165, 1.54) is 6.42 Å². The summed E-state index contributed by atoms with van der Waals surface area (Å²) in [6.45, 7) is 1.07. The first-order chi connectivity index (χ1) is 6.72. The van der Waals surface area contributed by atoms with Gasteiger partial charge in [-0.1, -0.05) is 0 Å². The summed E-state index contributed by atoms with van der Waals surface area (Å²) < 4.78 is 4.16. The molecule has 1 fully saturated rings. The summed E-state index contributed by atoms with van der Waals surface area (Å²) in [4.78, 5) is 4.42. The van der Waals surface area contributed by atoms with E-state index < -0.39 is 0 Å². The molecule has 0 radical (unpaired) electrons. The second-order valence-electron chi connectivity index (χ2n) is 3.52. The zero-order valence-electron chi connectivity index (χ0n) is 8.07. The highest BCUT2D eigenvalue weighted by molar-refractivity contribution is 9.07.